The summed E-state index contributed by atoms with van der Waals surface area (Å²) < 4.78 is 33.1. The predicted molar refractivity (Wildman–Crippen MR) is 98.6 cm³/mol. The second kappa shape index (κ2) is 8.47. The van der Waals surface area contributed by atoms with Crippen LogP contribution in [0.1, 0.15) is 29.6 Å². The molecule has 0 aromatic heterocycles. The molecule has 1 unspecified atom stereocenters. The Morgan fingerprint density at radius 3 is 2.73 bits per heavy atom. The number of carbonyl (C=O) groups is 1. The Hall–Kier alpha value is -1.48. The number of piperidine rings is 1. The first kappa shape index (κ1) is 19.3. The molecule has 2 aliphatic heterocycles. The van der Waals surface area contributed by atoms with E-state index < -0.39 is 10.0 Å². The normalized spacial score (nSPS) is 22.3. The van der Waals surface area contributed by atoms with Crippen molar-refractivity contribution in [1.29, 1.82) is 0 Å². The lowest BCUT2D eigenvalue weighted by molar-refractivity contribution is 0.0735. The van der Waals surface area contributed by atoms with Crippen LogP contribution < -0.4 is 5.32 Å². The van der Waals surface area contributed by atoms with Gasteiger partial charge in [-0.1, -0.05) is 12.5 Å². The number of sulfonamides is 1. The van der Waals surface area contributed by atoms with Crippen LogP contribution in [0.3, 0.4) is 0 Å². The van der Waals surface area contributed by atoms with Crippen molar-refractivity contribution in [2.24, 2.45) is 0 Å². The summed E-state index contributed by atoms with van der Waals surface area (Å²) in [6, 6.07) is 6.27. The summed E-state index contributed by atoms with van der Waals surface area (Å²) >= 11 is 0. The molecule has 2 fully saturated rings. The first-order valence-electron chi connectivity index (χ1n) is 9.15. The molecule has 0 radical (unpaired) electrons. The summed E-state index contributed by atoms with van der Waals surface area (Å²) in [7, 11) is -2.06. The fourth-order valence-electron chi connectivity index (χ4n) is 3.62. The molecule has 1 N–H and O–H groups in total. The van der Waals surface area contributed by atoms with E-state index in [9.17, 15) is 13.2 Å². The largest absolute Gasteiger partial charge is 0.383 e. The van der Waals surface area contributed by atoms with Gasteiger partial charge in [0.1, 0.15) is 0 Å². The van der Waals surface area contributed by atoms with Crippen LogP contribution in [0, 0.1) is 0 Å². The van der Waals surface area contributed by atoms with Crippen molar-refractivity contribution in [3.63, 3.8) is 0 Å². The van der Waals surface area contributed by atoms with Crippen molar-refractivity contribution in [2.45, 2.75) is 30.2 Å². The van der Waals surface area contributed by atoms with E-state index in [1.165, 1.54) is 10.4 Å². The Morgan fingerprint density at radius 2 is 2.00 bits per heavy atom. The lowest BCUT2D eigenvalue weighted by atomic mass is 10.1. The molecular formula is C18H27N3O4S. The predicted octanol–water partition coefficient (Wildman–Crippen LogP) is 0.922. The number of hydrogen-bond acceptors (Lipinski definition) is 5. The maximum atomic E-state index is 13.2. The number of carbonyl (C=O) groups excluding carboxylic acids is 1. The summed E-state index contributed by atoms with van der Waals surface area (Å²) in [5, 5.41) is 3.21. The number of hydrogen-bond donors (Lipinski definition) is 1. The number of methoxy groups -OCH3 is 1. The van der Waals surface area contributed by atoms with E-state index in [0.29, 0.717) is 31.8 Å². The summed E-state index contributed by atoms with van der Waals surface area (Å²) in [5.41, 5.74) is 0.424. The van der Waals surface area contributed by atoms with Gasteiger partial charge in [-0.3, -0.25) is 4.79 Å². The van der Waals surface area contributed by atoms with E-state index in [2.05, 4.69) is 5.32 Å². The maximum absolute atomic E-state index is 13.2. The van der Waals surface area contributed by atoms with Crippen molar-refractivity contribution in [3.05, 3.63) is 29.8 Å². The number of rotatable bonds is 5. The second-order valence-corrected chi connectivity index (χ2v) is 8.68. The summed E-state index contributed by atoms with van der Waals surface area (Å²) in [4.78, 5) is 14.6. The molecule has 26 heavy (non-hydrogen) atoms. The molecule has 1 aromatic rings. The highest BCUT2D eigenvalue weighted by atomic mass is 32.2. The van der Waals surface area contributed by atoms with Crippen molar-refractivity contribution in [1.82, 2.24) is 14.5 Å². The van der Waals surface area contributed by atoms with Crippen LogP contribution in [0.15, 0.2) is 29.2 Å². The zero-order valence-corrected chi connectivity index (χ0v) is 16.0. The van der Waals surface area contributed by atoms with Crippen molar-refractivity contribution >= 4 is 15.9 Å². The highest BCUT2D eigenvalue weighted by molar-refractivity contribution is 7.89. The Bertz CT molecular complexity index is 730. The fraction of sp³-hybridized carbons (Fsp3) is 0.611. The quantitative estimate of drug-likeness (QED) is 0.821. The van der Waals surface area contributed by atoms with E-state index in [0.717, 1.165) is 32.4 Å². The molecular weight excluding hydrogens is 354 g/mol. The smallest absolute Gasteiger partial charge is 0.253 e. The molecule has 1 amide bonds. The molecule has 1 atom stereocenters. The third kappa shape index (κ3) is 4.09. The van der Waals surface area contributed by atoms with Gasteiger partial charge in [-0.15, -0.1) is 0 Å². The van der Waals surface area contributed by atoms with Crippen LogP contribution in [-0.4, -0.2) is 76.0 Å². The molecule has 0 bridgehead atoms. The van der Waals surface area contributed by atoms with Crippen LogP contribution in [0.25, 0.3) is 0 Å². The fourth-order valence-corrected chi connectivity index (χ4v) is 5.35. The zero-order valence-electron chi connectivity index (χ0n) is 15.2. The molecule has 2 aliphatic rings. The van der Waals surface area contributed by atoms with E-state index in [1.807, 2.05) is 0 Å². The highest BCUT2D eigenvalue weighted by Crippen LogP contribution is 2.26. The number of piperazine rings is 1. The highest BCUT2D eigenvalue weighted by Gasteiger charge is 2.34. The average Bonchev–Trinajstić information content (AvgIpc) is 2.69. The zero-order chi connectivity index (χ0) is 18.6. The third-order valence-electron chi connectivity index (χ3n) is 5.02. The van der Waals surface area contributed by atoms with Gasteiger partial charge in [0.2, 0.25) is 10.0 Å². The Kier molecular flexibility index (Phi) is 6.29. The number of amides is 1. The standard InChI is InChI=1S/C18H27N3O4S/c1-25-14-16-6-2-3-10-21(16)26(23,24)17-7-4-5-15(13-17)18(22)20-11-8-19-9-12-20/h4-5,7,13,16,19H,2-3,6,8-12,14H2,1H3. The minimum absolute atomic E-state index is 0.115. The minimum Gasteiger partial charge on any atom is -0.383 e. The summed E-state index contributed by atoms with van der Waals surface area (Å²) in [6.45, 7) is 3.67. The molecule has 0 aliphatic carbocycles. The molecule has 2 saturated heterocycles. The Labute approximate surface area is 155 Å². The van der Waals surface area contributed by atoms with E-state index in [1.54, 1.807) is 30.2 Å². The summed E-state index contributed by atoms with van der Waals surface area (Å²) in [5.74, 6) is -0.115. The van der Waals surface area contributed by atoms with E-state index >= 15 is 0 Å². The summed E-state index contributed by atoms with van der Waals surface area (Å²) in [6.07, 6.45) is 2.65. The lowest BCUT2D eigenvalue weighted by Gasteiger charge is -2.34. The number of benzene rings is 1. The Balaban J connectivity index is 1.84. The van der Waals surface area contributed by atoms with Gasteiger partial charge in [-0.05, 0) is 31.0 Å². The minimum atomic E-state index is -3.65. The van der Waals surface area contributed by atoms with Gasteiger partial charge in [0.15, 0.2) is 0 Å². The molecule has 144 valence electrons. The maximum Gasteiger partial charge on any atom is 0.253 e. The molecule has 2 heterocycles. The SMILES string of the molecule is COCC1CCCCN1S(=O)(=O)c1cccc(C(=O)N2CCNCC2)c1. The van der Waals surface area contributed by atoms with Crippen LogP contribution in [0.2, 0.25) is 0 Å². The van der Waals surface area contributed by atoms with Crippen LogP contribution in [-0.2, 0) is 14.8 Å². The van der Waals surface area contributed by atoms with Crippen LogP contribution in [0.4, 0.5) is 0 Å². The topological polar surface area (TPSA) is 79.0 Å². The monoisotopic (exact) mass is 381 g/mol. The van der Waals surface area contributed by atoms with Gasteiger partial charge in [0.05, 0.1) is 11.5 Å². The van der Waals surface area contributed by atoms with Crippen molar-refractivity contribution in [2.75, 3.05) is 46.4 Å². The lowest BCUT2D eigenvalue weighted by Crippen LogP contribution is -2.46. The van der Waals surface area contributed by atoms with Crippen LogP contribution in [0.5, 0.6) is 0 Å². The first-order chi connectivity index (χ1) is 12.5. The van der Waals surface area contributed by atoms with Crippen LogP contribution >= 0.6 is 0 Å². The average molecular weight is 381 g/mol. The van der Waals surface area contributed by atoms with Gasteiger partial charge in [0, 0.05) is 51.4 Å². The molecule has 0 spiro atoms. The first-order valence-corrected chi connectivity index (χ1v) is 10.6. The van der Waals surface area contributed by atoms with Gasteiger partial charge < -0.3 is 15.0 Å². The molecule has 0 saturated carbocycles. The number of nitrogens with one attached hydrogen (secondary N) is 1. The molecule has 3 rings (SSSR count). The molecule has 1 aromatic carbocycles. The van der Waals surface area contributed by atoms with E-state index in [4.69, 9.17) is 4.74 Å². The Morgan fingerprint density at radius 1 is 1.23 bits per heavy atom. The third-order valence-corrected chi connectivity index (χ3v) is 6.97. The molecule has 7 nitrogen and oxygen atoms in total. The van der Waals surface area contributed by atoms with Gasteiger partial charge in [0.25, 0.3) is 5.91 Å². The van der Waals surface area contributed by atoms with E-state index in [-0.39, 0.29) is 16.8 Å². The number of ether oxygens (including phenoxy) is 1. The second-order valence-electron chi connectivity index (χ2n) is 6.79. The van der Waals surface area contributed by atoms with Crippen molar-refractivity contribution in [3.8, 4) is 0 Å². The molecule has 8 heteroatoms. The van der Waals surface area contributed by atoms with Gasteiger partial charge >= 0.3 is 0 Å². The van der Waals surface area contributed by atoms with Gasteiger partial charge in [-0.2, -0.15) is 4.31 Å². The van der Waals surface area contributed by atoms with Gasteiger partial charge in [-0.25, -0.2) is 8.42 Å². The van der Waals surface area contributed by atoms with Crippen molar-refractivity contribution < 1.29 is 17.9 Å². The number of nitrogens with zero attached hydrogens (tertiary/aromatic N) is 2.